The minimum Gasteiger partial charge on any atom is -0.348 e. The van der Waals surface area contributed by atoms with Gasteiger partial charge in [-0.1, -0.05) is 94.6 Å². The zero-order valence-corrected chi connectivity index (χ0v) is 34.2. The fraction of sp³-hybridized carbons (Fsp3) is 0.463. The third-order valence-corrected chi connectivity index (χ3v) is 11.1. The lowest BCUT2D eigenvalue weighted by atomic mass is 9.90. The van der Waals surface area contributed by atoms with E-state index in [2.05, 4.69) is 35.1 Å². The Morgan fingerprint density at radius 1 is 0.796 bits per heavy atom. The number of carbonyl (C=O) groups excluding carboxylic acids is 4. The molecule has 0 aromatic heterocycles. The average molecular weight is 782 g/mol. The molecule has 3 amide bonds. The number of halogens is 1. The molecule has 3 rings (SSSR count). The van der Waals surface area contributed by atoms with Crippen molar-refractivity contribution in [3.8, 4) is 0 Å². The van der Waals surface area contributed by atoms with E-state index in [1.807, 2.05) is 50.2 Å². The van der Waals surface area contributed by atoms with Gasteiger partial charge in [-0.2, -0.15) is 0 Å². The number of amides is 3. The molecule has 11 nitrogen and oxygen atoms in total. The first-order valence-corrected chi connectivity index (χ1v) is 20.7. The molecule has 0 bridgehead atoms. The van der Waals surface area contributed by atoms with Gasteiger partial charge in [-0.15, -0.1) is 0 Å². The first-order chi connectivity index (χ1) is 25.4. The van der Waals surface area contributed by atoms with Crippen LogP contribution in [-0.4, -0.2) is 69.9 Å². The van der Waals surface area contributed by atoms with Gasteiger partial charge in [0.15, 0.2) is 5.78 Å². The molecular formula is C41H56ClN5O6S. The molecule has 0 heterocycles. The summed E-state index contributed by atoms with van der Waals surface area (Å²) in [7, 11) is -2.40. The number of rotatable bonds is 20. The van der Waals surface area contributed by atoms with E-state index in [1.54, 1.807) is 32.0 Å². The van der Waals surface area contributed by atoms with Crippen LogP contribution in [-0.2, 0) is 26.0 Å². The highest BCUT2D eigenvalue weighted by molar-refractivity contribution is 7.92. The van der Waals surface area contributed by atoms with Crippen molar-refractivity contribution in [2.75, 3.05) is 24.2 Å². The van der Waals surface area contributed by atoms with Crippen molar-refractivity contribution in [1.82, 2.24) is 21.3 Å². The Morgan fingerprint density at radius 3 is 1.96 bits per heavy atom. The van der Waals surface area contributed by atoms with Crippen molar-refractivity contribution < 1.29 is 27.6 Å². The molecule has 0 aliphatic rings. The van der Waals surface area contributed by atoms with Crippen LogP contribution in [0.1, 0.15) is 98.7 Å². The molecule has 3 aromatic rings. The van der Waals surface area contributed by atoms with Crippen LogP contribution < -0.4 is 25.6 Å². The molecule has 4 atom stereocenters. The van der Waals surface area contributed by atoms with Crippen molar-refractivity contribution in [3.63, 3.8) is 0 Å². The largest absolute Gasteiger partial charge is 0.348 e. The summed E-state index contributed by atoms with van der Waals surface area (Å²) >= 11 is 6.15. The third kappa shape index (κ3) is 13.2. The Bertz CT molecular complexity index is 1850. The van der Waals surface area contributed by atoms with E-state index in [-0.39, 0.29) is 46.9 Å². The monoisotopic (exact) mass is 781 g/mol. The number of hydrogen-bond donors (Lipinski definition) is 4. The number of anilines is 1. The molecule has 54 heavy (non-hydrogen) atoms. The summed E-state index contributed by atoms with van der Waals surface area (Å²) in [5.74, 6) is -1.18. The topological polar surface area (TPSA) is 154 Å². The lowest BCUT2D eigenvalue weighted by Gasteiger charge is -2.26. The number of sulfonamides is 1. The first-order valence-electron chi connectivity index (χ1n) is 18.5. The molecule has 13 heteroatoms. The normalized spacial score (nSPS) is 13.8. The fourth-order valence-corrected chi connectivity index (χ4v) is 6.71. The van der Waals surface area contributed by atoms with Gasteiger partial charge in [0.1, 0.15) is 0 Å². The van der Waals surface area contributed by atoms with Crippen LogP contribution in [0.4, 0.5) is 5.69 Å². The van der Waals surface area contributed by atoms with Crippen LogP contribution in [0.2, 0.25) is 5.02 Å². The lowest BCUT2D eigenvalue weighted by Crippen LogP contribution is -2.53. The van der Waals surface area contributed by atoms with Crippen molar-refractivity contribution in [1.29, 1.82) is 0 Å². The zero-order chi connectivity index (χ0) is 40.2. The average Bonchev–Trinajstić information content (AvgIpc) is 3.13. The van der Waals surface area contributed by atoms with Gasteiger partial charge in [0.05, 0.1) is 30.1 Å². The Kier molecular flexibility index (Phi) is 16.7. The van der Waals surface area contributed by atoms with E-state index in [0.29, 0.717) is 17.9 Å². The molecule has 294 valence electrons. The van der Waals surface area contributed by atoms with Gasteiger partial charge in [-0.25, -0.2) is 8.42 Å². The highest BCUT2D eigenvalue weighted by atomic mass is 35.5. The molecule has 0 aliphatic heterocycles. The number of ketones is 1. The number of benzene rings is 3. The third-order valence-electron chi connectivity index (χ3n) is 9.68. The molecule has 0 aliphatic carbocycles. The standard InChI is InChI=1S/C41H56ClN5O6S/c1-9-29(10-2)20-37(48)38(26(3)4)46-39(49)28(6)43-25-35(19-30-15-12-11-13-16-30)45-41(51)33-21-32(23-36(24-33)47(7)54(8,52)53)40(50)44-27(5)31-17-14-18-34(42)22-31/h11-18,21-24,26-29,35,38,43H,9-10,19-20,25H2,1-8H3,(H,44,50)(H,45,51)(H,46,49)/t27-,28+,35+,38+/m1/s1. The van der Waals surface area contributed by atoms with E-state index in [9.17, 15) is 27.6 Å². The van der Waals surface area contributed by atoms with E-state index < -0.39 is 46.0 Å². The number of nitrogens with zero attached hydrogens (tertiary/aromatic N) is 1. The van der Waals surface area contributed by atoms with Crippen LogP contribution in [0.15, 0.2) is 72.8 Å². The van der Waals surface area contributed by atoms with E-state index in [0.717, 1.165) is 34.5 Å². The smallest absolute Gasteiger partial charge is 0.251 e. The molecule has 0 saturated heterocycles. The highest BCUT2D eigenvalue weighted by Crippen LogP contribution is 2.23. The van der Waals surface area contributed by atoms with Gasteiger partial charge in [0, 0.05) is 42.2 Å². The predicted octanol–water partition coefficient (Wildman–Crippen LogP) is 6.08. The maximum atomic E-state index is 14.0. The number of Topliss-reactive ketones (excluding diaryl/α,β-unsaturated/α-hetero) is 1. The summed E-state index contributed by atoms with van der Waals surface area (Å²) in [6, 6.07) is 18.6. The zero-order valence-electron chi connectivity index (χ0n) is 32.6. The molecule has 0 saturated carbocycles. The first kappa shape index (κ1) is 44.1. The summed E-state index contributed by atoms with van der Waals surface area (Å²) in [5, 5.41) is 12.6. The Balaban J connectivity index is 1.85. The minimum absolute atomic E-state index is 0.0178. The van der Waals surface area contributed by atoms with Crippen molar-refractivity contribution in [2.24, 2.45) is 11.8 Å². The second kappa shape index (κ2) is 20.4. The summed E-state index contributed by atoms with van der Waals surface area (Å²) in [5.41, 5.74) is 2.00. The van der Waals surface area contributed by atoms with Gasteiger partial charge in [0.2, 0.25) is 15.9 Å². The van der Waals surface area contributed by atoms with Crippen LogP contribution in [0.25, 0.3) is 0 Å². The number of hydrogen-bond acceptors (Lipinski definition) is 7. The van der Waals surface area contributed by atoms with Gasteiger partial charge < -0.3 is 21.3 Å². The van der Waals surface area contributed by atoms with Crippen LogP contribution in [0.5, 0.6) is 0 Å². The van der Waals surface area contributed by atoms with Gasteiger partial charge in [-0.05, 0) is 73.6 Å². The second-order valence-corrected chi connectivity index (χ2v) is 16.8. The quantitative estimate of drug-likeness (QED) is 0.108. The van der Waals surface area contributed by atoms with Crippen molar-refractivity contribution >= 4 is 50.8 Å². The van der Waals surface area contributed by atoms with Crippen molar-refractivity contribution in [2.45, 2.75) is 91.4 Å². The van der Waals surface area contributed by atoms with E-state index in [4.69, 9.17) is 11.6 Å². The van der Waals surface area contributed by atoms with Crippen LogP contribution in [0.3, 0.4) is 0 Å². The van der Waals surface area contributed by atoms with Gasteiger partial charge >= 0.3 is 0 Å². The highest BCUT2D eigenvalue weighted by Gasteiger charge is 2.28. The molecule has 0 spiro atoms. The maximum Gasteiger partial charge on any atom is 0.251 e. The van der Waals surface area contributed by atoms with Crippen LogP contribution >= 0.6 is 11.6 Å². The van der Waals surface area contributed by atoms with Crippen LogP contribution in [0, 0.1) is 11.8 Å². The van der Waals surface area contributed by atoms with Gasteiger partial charge in [-0.3, -0.25) is 23.5 Å². The molecule has 0 unspecified atom stereocenters. The van der Waals surface area contributed by atoms with E-state index in [1.165, 1.54) is 25.2 Å². The second-order valence-electron chi connectivity index (χ2n) is 14.3. The molecule has 0 fully saturated rings. The summed E-state index contributed by atoms with van der Waals surface area (Å²) < 4.78 is 26.1. The summed E-state index contributed by atoms with van der Waals surface area (Å²) in [6.45, 7) is 11.6. The van der Waals surface area contributed by atoms with Crippen molar-refractivity contribution in [3.05, 3.63) is 100 Å². The SMILES string of the molecule is CCC(CC)CC(=O)[C@@H](NC(=O)[C@H](C)NC[C@H](Cc1ccccc1)NC(=O)c1cc(C(=O)N[C@H](C)c2cccc(Cl)c2)cc(N(C)S(C)(=O)=O)c1)C(C)C. The molecule has 0 radical (unpaired) electrons. The summed E-state index contributed by atoms with van der Waals surface area (Å²) in [6.07, 6.45) is 3.64. The Morgan fingerprint density at radius 2 is 1.41 bits per heavy atom. The summed E-state index contributed by atoms with van der Waals surface area (Å²) in [4.78, 5) is 54.0. The Hall–Kier alpha value is -4.26. The lowest BCUT2D eigenvalue weighted by molar-refractivity contribution is -0.130. The minimum atomic E-state index is -3.74. The fourth-order valence-electron chi connectivity index (χ4n) is 6.03. The number of carbonyl (C=O) groups is 4. The molecule has 4 N–H and O–H groups in total. The Labute approximate surface area is 326 Å². The number of nitrogens with one attached hydrogen (secondary N) is 4. The van der Waals surface area contributed by atoms with Gasteiger partial charge in [0.25, 0.3) is 11.8 Å². The van der Waals surface area contributed by atoms with E-state index >= 15 is 0 Å². The molecular weight excluding hydrogens is 726 g/mol. The predicted molar refractivity (Wildman–Crippen MR) is 216 cm³/mol. The maximum absolute atomic E-state index is 14.0. The molecule has 3 aromatic carbocycles.